The van der Waals surface area contributed by atoms with Gasteiger partial charge in [0, 0.05) is 6.61 Å². The lowest BCUT2D eigenvalue weighted by molar-refractivity contribution is -0.124. The van der Waals surface area contributed by atoms with Crippen molar-refractivity contribution in [2.45, 2.75) is 18.9 Å². The number of carboxylic acids is 1. The number of aromatic carboxylic acids is 1. The third-order valence-corrected chi connectivity index (χ3v) is 2.94. The van der Waals surface area contributed by atoms with Crippen LogP contribution in [0.15, 0.2) is 18.2 Å². The van der Waals surface area contributed by atoms with Crippen molar-refractivity contribution in [2.75, 3.05) is 19.0 Å². The van der Waals surface area contributed by atoms with Gasteiger partial charge in [-0.15, -0.1) is 0 Å². The molecule has 6 nitrogen and oxygen atoms in total. The second kappa shape index (κ2) is 5.71. The lowest BCUT2D eigenvalue weighted by atomic mass is 10.1. The van der Waals surface area contributed by atoms with Gasteiger partial charge in [0.05, 0.1) is 18.4 Å². The van der Waals surface area contributed by atoms with Gasteiger partial charge in [-0.1, -0.05) is 0 Å². The summed E-state index contributed by atoms with van der Waals surface area (Å²) in [5, 5.41) is 11.7. The van der Waals surface area contributed by atoms with Gasteiger partial charge in [0.25, 0.3) is 5.91 Å². The molecule has 1 aliphatic heterocycles. The summed E-state index contributed by atoms with van der Waals surface area (Å²) in [6.45, 7) is 0.562. The van der Waals surface area contributed by atoms with Crippen LogP contribution >= 0.6 is 0 Å². The topological polar surface area (TPSA) is 84.9 Å². The molecule has 0 aromatic heterocycles. The van der Waals surface area contributed by atoms with E-state index in [1.54, 1.807) is 6.07 Å². The van der Waals surface area contributed by atoms with Crippen LogP contribution in [0, 0.1) is 0 Å². The number of rotatable bonds is 4. The zero-order chi connectivity index (χ0) is 13.8. The van der Waals surface area contributed by atoms with E-state index in [1.165, 1.54) is 19.2 Å². The number of carbonyl (C=O) groups excluding carboxylic acids is 1. The van der Waals surface area contributed by atoms with Crippen molar-refractivity contribution in [3.63, 3.8) is 0 Å². The lowest BCUT2D eigenvalue weighted by Crippen LogP contribution is -2.27. The quantitative estimate of drug-likeness (QED) is 0.862. The van der Waals surface area contributed by atoms with Gasteiger partial charge in [0.2, 0.25) is 0 Å². The Morgan fingerprint density at radius 1 is 1.47 bits per heavy atom. The molecule has 1 atom stereocenters. The van der Waals surface area contributed by atoms with Crippen molar-refractivity contribution in [2.24, 2.45) is 0 Å². The second-order valence-electron chi connectivity index (χ2n) is 4.21. The fraction of sp³-hybridized carbons (Fsp3) is 0.385. The van der Waals surface area contributed by atoms with Gasteiger partial charge in [-0.05, 0) is 31.0 Å². The first-order valence-corrected chi connectivity index (χ1v) is 5.95. The van der Waals surface area contributed by atoms with Gasteiger partial charge in [-0.25, -0.2) is 4.79 Å². The molecule has 19 heavy (non-hydrogen) atoms. The highest BCUT2D eigenvalue weighted by atomic mass is 16.5. The molecule has 1 amide bonds. The Labute approximate surface area is 110 Å². The molecule has 2 rings (SSSR count). The van der Waals surface area contributed by atoms with Crippen LogP contribution in [-0.4, -0.2) is 36.8 Å². The van der Waals surface area contributed by atoms with Crippen LogP contribution in [0.25, 0.3) is 0 Å². The van der Waals surface area contributed by atoms with Crippen molar-refractivity contribution < 1.29 is 24.2 Å². The molecule has 1 aliphatic rings. The van der Waals surface area contributed by atoms with Crippen LogP contribution in [0.4, 0.5) is 5.69 Å². The van der Waals surface area contributed by atoms with E-state index in [9.17, 15) is 9.59 Å². The number of nitrogens with one attached hydrogen (secondary N) is 1. The SMILES string of the molecule is COc1ccc(NC(=O)C2CCCO2)c(C(=O)O)c1. The van der Waals surface area contributed by atoms with E-state index in [4.69, 9.17) is 14.6 Å². The Bertz CT molecular complexity index is 494. The first-order chi connectivity index (χ1) is 9.11. The fourth-order valence-electron chi connectivity index (χ4n) is 1.93. The molecule has 1 aromatic carbocycles. The lowest BCUT2D eigenvalue weighted by Gasteiger charge is -2.13. The molecule has 1 unspecified atom stereocenters. The summed E-state index contributed by atoms with van der Waals surface area (Å²) in [7, 11) is 1.45. The summed E-state index contributed by atoms with van der Waals surface area (Å²) < 4.78 is 10.2. The molecule has 1 aromatic rings. The third-order valence-electron chi connectivity index (χ3n) is 2.94. The summed E-state index contributed by atoms with van der Waals surface area (Å²) in [6, 6.07) is 4.47. The van der Waals surface area contributed by atoms with Gasteiger partial charge < -0.3 is 19.9 Å². The largest absolute Gasteiger partial charge is 0.497 e. The molecule has 6 heteroatoms. The van der Waals surface area contributed by atoms with Gasteiger partial charge in [0.15, 0.2) is 0 Å². The first-order valence-electron chi connectivity index (χ1n) is 5.95. The minimum Gasteiger partial charge on any atom is -0.497 e. The minimum absolute atomic E-state index is 0.00861. The molecule has 0 bridgehead atoms. The molecular weight excluding hydrogens is 250 g/mol. The number of benzene rings is 1. The van der Waals surface area contributed by atoms with E-state index in [0.29, 0.717) is 18.8 Å². The zero-order valence-corrected chi connectivity index (χ0v) is 10.5. The number of hydrogen-bond acceptors (Lipinski definition) is 4. The van der Waals surface area contributed by atoms with Crippen LogP contribution in [0.5, 0.6) is 5.75 Å². The van der Waals surface area contributed by atoms with Gasteiger partial charge in [-0.2, -0.15) is 0 Å². The van der Waals surface area contributed by atoms with Gasteiger partial charge in [-0.3, -0.25) is 4.79 Å². The summed E-state index contributed by atoms with van der Waals surface area (Å²) in [4.78, 5) is 23.0. The molecular formula is C13H15NO5. The van der Waals surface area contributed by atoms with E-state index in [2.05, 4.69) is 5.32 Å². The third kappa shape index (κ3) is 3.03. The Hall–Kier alpha value is -2.08. The Balaban J connectivity index is 2.19. The van der Waals surface area contributed by atoms with E-state index < -0.39 is 12.1 Å². The Kier molecular flexibility index (Phi) is 4.01. The Morgan fingerprint density at radius 3 is 2.84 bits per heavy atom. The van der Waals surface area contributed by atoms with Crippen LogP contribution in [0.1, 0.15) is 23.2 Å². The van der Waals surface area contributed by atoms with E-state index in [-0.39, 0.29) is 17.2 Å². The highest BCUT2D eigenvalue weighted by Crippen LogP contribution is 2.23. The van der Waals surface area contributed by atoms with Gasteiger partial charge in [0.1, 0.15) is 11.9 Å². The Morgan fingerprint density at radius 2 is 2.26 bits per heavy atom. The number of hydrogen-bond donors (Lipinski definition) is 2. The maximum Gasteiger partial charge on any atom is 0.337 e. The van der Waals surface area contributed by atoms with Crippen LogP contribution < -0.4 is 10.1 Å². The van der Waals surface area contributed by atoms with E-state index in [0.717, 1.165) is 6.42 Å². The molecule has 0 saturated carbocycles. The van der Waals surface area contributed by atoms with E-state index >= 15 is 0 Å². The van der Waals surface area contributed by atoms with Gasteiger partial charge >= 0.3 is 5.97 Å². The van der Waals surface area contributed by atoms with Crippen LogP contribution in [0.3, 0.4) is 0 Å². The van der Waals surface area contributed by atoms with E-state index in [1.807, 2.05) is 0 Å². The fourth-order valence-corrected chi connectivity index (χ4v) is 1.93. The van der Waals surface area contributed by atoms with Crippen molar-refractivity contribution >= 4 is 17.6 Å². The van der Waals surface area contributed by atoms with Crippen molar-refractivity contribution in [1.82, 2.24) is 0 Å². The van der Waals surface area contributed by atoms with Crippen molar-refractivity contribution in [1.29, 1.82) is 0 Å². The monoisotopic (exact) mass is 265 g/mol. The summed E-state index contributed by atoms with van der Waals surface area (Å²) >= 11 is 0. The first kappa shape index (κ1) is 13.4. The number of amides is 1. The molecule has 2 N–H and O–H groups in total. The number of ether oxygens (including phenoxy) is 2. The molecule has 0 radical (unpaired) electrons. The maximum absolute atomic E-state index is 11.9. The predicted molar refractivity (Wildman–Crippen MR) is 67.6 cm³/mol. The highest BCUT2D eigenvalue weighted by molar-refractivity contribution is 6.02. The molecule has 1 saturated heterocycles. The summed E-state index contributed by atoms with van der Waals surface area (Å²) in [6.07, 6.45) is 1.00. The molecule has 1 fully saturated rings. The average Bonchev–Trinajstić information content (AvgIpc) is 2.92. The standard InChI is InChI=1S/C13H15NO5/c1-18-8-4-5-10(9(7-8)13(16)17)14-12(15)11-3-2-6-19-11/h4-5,7,11H,2-3,6H2,1H3,(H,14,15)(H,16,17). The van der Waals surface area contributed by atoms with Crippen LogP contribution in [0.2, 0.25) is 0 Å². The van der Waals surface area contributed by atoms with Crippen LogP contribution in [-0.2, 0) is 9.53 Å². The molecule has 0 spiro atoms. The molecule has 0 aliphatic carbocycles. The number of carboxylic acid groups (broad SMARTS) is 1. The van der Waals surface area contributed by atoms with Crippen molar-refractivity contribution in [3.8, 4) is 5.75 Å². The smallest absolute Gasteiger partial charge is 0.337 e. The summed E-state index contributed by atoms with van der Waals surface area (Å²) in [5.41, 5.74) is 0.236. The molecule has 102 valence electrons. The number of carbonyl (C=O) groups is 2. The number of anilines is 1. The summed E-state index contributed by atoms with van der Waals surface area (Å²) in [5.74, 6) is -1.01. The highest BCUT2D eigenvalue weighted by Gasteiger charge is 2.24. The average molecular weight is 265 g/mol. The molecule has 1 heterocycles. The normalized spacial score (nSPS) is 18.1. The second-order valence-corrected chi connectivity index (χ2v) is 4.21. The maximum atomic E-state index is 11.9. The predicted octanol–water partition coefficient (Wildman–Crippen LogP) is 1.51. The zero-order valence-electron chi connectivity index (χ0n) is 10.5. The number of methoxy groups -OCH3 is 1. The minimum atomic E-state index is -1.12. The van der Waals surface area contributed by atoms with Crippen molar-refractivity contribution in [3.05, 3.63) is 23.8 Å².